The van der Waals surface area contributed by atoms with Gasteiger partial charge in [-0.25, -0.2) is 4.98 Å². The van der Waals surface area contributed by atoms with E-state index in [0.29, 0.717) is 17.0 Å². The highest BCUT2D eigenvalue weighted by atomic mass is 16.5. The topological polar surface area (TPSA) is 74.8 Å². The second-order valence-corrected chi connectivity index (χ2v) is 7.85. The molecule has 3 heterocycles. The number of nitrogens with zero attached hydrogens (tertiary/aromatic N) is 3. The fraction of sp³-hybridized carbons (Fsp3) is 0.435. The number of aromatic nitrogens is 1. The van der Waals surface area contributed by atoms with Gasteiger partial charge in [-0.3, -0.25) is 9.59 Å². The lowest BCUT2D eigenvalue weighted by atomic mass is 9.95. The minimum Gasteiger partial charge on any atom is -0.495 e. The minimum absolute atomic E-state index is 0.0186. The summed E-state index contributed by atoms with van der Waals surface area (Å²) in [5.41, 5.74) is 1.39. The molecule has 30 heavy (non-hydrogen) atoms. The maximum Gasteiger partial charge on any atom is 0.254 e. The first-order chi connectivity index (χ1) is 14.7. The zero-order valence-corrected chi connectivity index (χ0v) is 17.3. The lowest BCUT2D eigenvalue weighted by molar-refractivity contribution is -0.120. The van der Waals surface area contributed by atoms with Crippen molar-refractivity contribution < 1.29 is 14.3 Å². The van der Waals surface area contributed by atoms with Gasteiger partial charge in [0.15, 0.2) is 0 Å². The van der Waals surface area contributed by atoms with Crippen molar-refractivity contribution in [1.29, 1.82) is 0 Å². The number of ether oxygens (including phenoxy) is 1. The molecule has 0 spiro atoms. The third kappa shape index (κ3) is 4.40. The molecule has 2 aromatic rings. The first-order valence-electron chi connectivity index (χ1n) is 10.6. The number of pyridine rings is 1. The van der Waals surface area contributed by atoms with Crippen LogP contribution >= 0.6 is 0 Å². The molecule has 2 amide bonds. The lowest BCUT2D eigenvalue weighted by Crippen LogP contribution is -2.38. The van der Waals surface area contributed by atoms with E-state index in [1.54, 1.807) is 19.4 Å². The van der Waals surface area contributed by atoms with Crippen LogP contribution in [0.5, 0.6) is 5.75 Å². The van der Waals surface area contributed by atoms with E-state index in [-0.39, 0.29) is 17.7 Å². The highest BCUT2D eigenvalue weighted by molar-refractivity contribution is 5.95. The fourth-order valence-corrected chi connectivity index (χ4v) is 4.18. The van der Waals surface area contributed by atoms with Crippen molar-refractivity contribution in [1.82, 2.24) is 9.88 Å². The van der Waals surface area contributed by atoms with E-state index in [1.807, 2.05) is 35.2 Å². The van der Waals surface area contributed by atoms with Gasteiger partial charge < -0.3 is 19.9 Å². The van der Waals surface area contributed by atoms with Gasteiger partial charge in [-0.05, 0) is 49.9 Å². The zero-order chi connectivity index (χ0) is 20.9. The third-order valence-corrected chi connectivity index (χ3v) is 5.94. The highest BCUT2D eigenvalue weighted by Gasteiger charge is 2.27. The van der Waals surface area contributed by atoms with Crippen LogP contribution in [-0.4, -0.2) is 55.0 Å². The number of likely N-dealkylation sites (tertiary alicyclic amines) is 1. The number of carbonyl (C=O) groups is 2. The molecule has 2 aliphatic rings. The van der Waals surface area contributed by atoms with Gasteiger partial charge in [0.05, 0.1) is 12.8 Å². The van der Waals surface area contributed by atoms with Crippen molar-refractivity contribution in [3.63, 3.8) is 0 Å². The van der Waals surface area contributed by atoms with E-state index < -0.39 is 0 Å². The van der Waals surface area contributed by atoms with E-state index in [0.717, 1.165) is 57.7 Å². The van der Waals surface area contributed by atoms with Crippen LogP contribution in [-0.2, 0) is 4.79 Å². The Labute approximate surface area is 177 Å². The molecule has 0 unspecified atom stereocenters. The molecule has 0 atom stereocenters. The first-order valence-corrected chi connectivity index (χ1v) is 10.6. The number of methoxy groups -OCH3 is 1. The van der Waals surface area contributed by atoms with Crippen molar-refractivity contribution in [3.05, 3.63) is 48.2 Å². The number of amides is 2. The summed E-state index contributed by atoms with van der Waals surface area (Å²) >= 11 is 0. The number of nitrogens with one attached hydrogen (secondary N) is 1. The molecule has 7 heteroatoms. The molecule has 0 saturated carbocycles. The number of rotatable bonds is 5. The lowest BCUT2D eigenvalue weighted by Gasteiger charge is -2.32. The molecule has 1 aromatic carbocycles. The molecule has 0 radical (unpaired) electrons. The molecule has 2 aliphatic heterocycles. The average Bonchev–Trinajstić information content (AvgIpc) is 3.34. The number of carbonyl (C=O) groups excluding carboxylic acids is 2. The summed E-state index contributed by atoms with van der Waals surface area (Å²) in [7, 11) is 1.60. The summed E-state index contributed by atoms with van der Waals surface area (Å²) in [5, 5.41) is 2.99. The summed E-state index contributed by atoms with van der Waals surface area (Å²) in [6.07, 6.45) is 5.35. The molecular weight excluding hydrogens is 380 g/mol. The zero-order valence-electron chi connectivity index (χ0n) is 17.3. The molecule has 0 aliphatic carbocycles. The van der Waals surface area contributed by atoms with Gasteiger partial charge in [0, 0.05) is 43.9 Å². The first kappa shape index (κ1) is 20.2. The summed E-state index contributed by atoms with van der Waals surface area (Å²) in [6.45, 7) is 3.14. The molecule has 4 rings (SSSR count). The Morgan fingerprint density at radius 3 is 2.53 bits per heavy atom. The predicted octanol–water partition coefficient (Wildman–Crippen LogP) is 3.18. The van der Waals surface area contributed by atoms with Gasteiger partial charge >= 0.3 is 0 Å². The number of hydrogen-bond donors (Lipinski definition) is 1. The Balaban J connectivity index is 1.36. The fourth-order valence-electron chi connectivity index (χ4n) is 4.18. The standard InChI is InChI=1S/C23H28N4O3/c1-30-20-7-3-2-6-19(20)25-22(28)17-9-14-26(15-10-17)21-16-18(8-11-24-21)23(29)27-12-4-5-13-27/h2-3,6-8,11,16-17H,4-5,9-10,12-15H2,1H3,(H,25,28). The number of para-hydroxylation sites is 2. The van der Waals surface area contributed by atoms with Crippen LogP contribution in [0.4, 0.5) is 11.5 Å². The predicted molar refractivity (Wildman–Crippen MR) is 116 cm³/mol. The van der Waals surface area contributed by atoms with Crippen molar-refractivity contribution in [2.24, 2.45) is 5.92 Å². The Kier molecular flexibility index (Phi) is 6.16. The van der Waals surface area contributed by atoms with Crippen molar-refractivity contribution in [2.45, 2.75) is 25.7 Å². The molecule has 158 valence electrons. The Morgan fingerprint density at radius 1 is 1.07 bits per heavy atom. The molecule has 0 bridgehead atoms. The van der Waals surface area contributed by atoms with Crippen molar-refractivity contribution in [2.75, 3.05) is 43.5 Å². The maximum atomic E-state index is 12.7. The minimum atomic E-state index is -0.0550. The van der Waals surface area contributed by atoms with Gasteiger partial charge in [-0.15, -0.1) is 0 Å². The molecule has 2 saturated heterocycles. The number of benzene rings is 1. The third-order valence-electron chi connectivity index (χ3n) is 5.94. The summed E-state index contributed by atoms with van der Waals surface area (Å²) < 4.78 is 5.31. The Bertz CT molecular complexity index is 903. The van der Waals surface area contributed by atoms with Crippen LogP contribution < -0.4 is 15.0 Å². The number of hydrogen-bond acceptors (Lipinski definition) is 5. The summed E-state index contributed by atoms with van der Waals surface area (Å²) in [6, 6.07) is 11.1. The second kappa shape index (κ2) is 9.15. The van der Waals surface area contributed by atoms with Crippen molar-refractivity contribution in [3.8, 4) is 5.75 Å². The van der Waals surface area contributed by atoms with E-state index in [4.69, 9.17) is 4.74 Å². The second-order valence-electron chi connectivity index (χ2n) is 7.85. The SMILES string of the molecule is COc1ccccc1NC(=O)C1CCN(c2cc(C(=O)N3CCCC3)ccn2)CC1. The van der Waals surface area contributed by atoms with Crippen LogP contribution in [0.25, 0.3) is 0 Å². The van der Waals surface area contributed by atoms with Crippen LogP contribution in [0.2, 0.25) is 0 Å². The van der Waals surface area contributed by atoms with Gasteiger partial charge in [0.2, 0.25) is 5.91 Å². The Hall–Kier alpha value is -3.09. The molecule has 2 fully saturated rings. The smallest absolute Gasteiger partial charge is 0.254 e. The molecular formula is C23H28N4O3. The summed E-state index contributed by atoms with van der Waals surface area (Å²) in [4.78, 5) is 33.9. The number of anilines is 2. The highest BCUT2D eigenvalue weighted by Crippen LogP contribution is 2.27. The molecule has 1 aromatic heterocycles. The van der Waals surface area contributed by atoms with Gasteiger partial charge in [-0.2, -0.15) is 0 Å². The van der Waals surface area contributed by atoms with Crippen LogP contribution in [0, 0.1) is 5.92 Å². The quantitative estimate of drug-likeness (QED) is 0.823. The van der Waals surface area contributed by atoms with E-state index in [9.17, 15) is 9.59 Å². The van der Waals surface area contributed by atoms with Gasteiger partial charge in [0.1, 0.15) is 11.6 Å². The average molecular weight is 409 g/mol. The maximum absolute atomic E-state index is 12.7. The van der Waals surface area contributed by atoms with Crippen LogP contribution in [0.15, 0.2) is 42.6 Å². The van der Waals surface area contributed by atoms with Crippen molar-refractivity contribution >= 4 is 23.3 Å². The largest absolute Gasteiger partial charge is 0.495 e. The normalized spacial score (nSPS) is 17.1. The van der Waals surface area contributed by atoms with Gasteiger partial charge in [-0.1, -0.05) is 12.1 Å². The van der Waals surface area contributed by atoms with E-state index >= 15 is 0 Å². The van der Waals surface area contributed by atoms with E-state index in [1.165, 1.54) is 0 Å². The monoisotopic (exact) mass is 408 g/mol. The summed E-state index contributed by atoms with van der Waals surface area (Å²) in [5.74, 6) is 1.52. The van der Waals surface area contributed by atoms with Crippen LogP contribution in [0.1, 0.15) is 36.0 Å². The molecule has 7 nitrogen and oxygen atoms in total. The Morgan fingerprint density at radius 2 is 1.80 bits per heavy atom. The van der Waals surface area contributed by atoms with Gasteiger partial charge in [0.25, 0.3) is 5.91 Å². The van der Waals surface area contributed by atoms with Crippen LogP contribution in [0.3, 0.4) is 0 Å². The van der Waals surface area contributed by atoms with E-state index in [2.05, 4.69) is 15.2 Å². The molecule has 1 N–H and O–H groups in total. The number of piperidine rings is 1.